The average Bonchev–Trinajstić information content (AvgIpc) is 2.92. The summed E-state index contributed by atoms with van der Waals surface area (Å²) in [6.45, 7) is 1.93. The molecule has 0 spiro atoms. The molecule has 0 saturated carbocycles. The first kappa shape index (κ1) is 10.1. The van der Waals surface area contributed by atoms with Crippen molar-refractivity contribution in [1.29, 1.82) is 5.26 Å². The Morgan fingerprint density at radius 3 is 2.94 bits per heavy atom. The van der Waals surface area contributed by atoms with Gasteiger partial charge >= 0.3 is 0 Å². The van der Waals surface area contributed by atoms with E-state index in [-0.39, 0.29) is 0 Å². The zero-order valence-electron chi connectivity index (χ0n) is 9.19. The smallest absolute Gasteiger partial charge is 0.155 e. The number of aryl methyl sites for hydroxylation is 1. The molecule has 0 bridgehead atoms. The molecule has 3 aromatic rings. The molecule has 3 nitrogen and oxygen atoms in total. The number of rotatable bonds is 1. The molecule has 0 aliphatic carbocycles. The number of H-pyrrole nitrogens is 1. The lowest BCUT2D eigenvalue weighted by Crippen LogP contribution is -1.77. The first-order chi connectivity index (χ1) is 8.29. The molecule has 0 unspecified atom stereocenters. The van der Waals surface area contributed by atoms with Crippen molar-refractivity contribution < 1.29 is 0 Å². The molecule has 17 heavy (non-hydrogen) atoms. The second-order valence-electron chi connectivity index (χ2n) is 3.78. The predicted octanol–water partition coefficient (Wildman–Crippen LogP) is 3.47. The van der Waals surface area contributed by atoms with Crippen LogP contribution in [0.5, 0.6) is 0 Å². The third kappa shape index (κ3) is 1.52. The van der Waals surface area contributed by atoms with Gasteiger partial charge < -0.3 is 4.98 Å². The summed E-state index contributed by atoms with van der Waals surface area (Å²) in [5.74, 6) is 0. The van der Waals surface area contributed by atoms with E-state index in [4.69, 9.17) is 5.26 Å². The van der Waals surface area contributed by atoms with Crippen LogP contribution < -0.4 is 0 Å². The van der Waals surface area contributed by atoms with E-state index >= 15 is 0 Å². The SMILES string of the molecule is Cc1sc(-c2c[nH]c3ccccc23)nc1C#N. The highest BCUT2D eigenvalue weighted by Crippen LogP contribution is 2.32. The molecule has 1 aromatic carbocycles. The van der Waals surface area contributed by atoms with E-state index in [0.29, 0.717) is 5.69 Å². The summed E-state index contributed by atoms with van der Waals surface area (Å²) < 4.78 is 0. The maximum atomic E-state index is 8.93. The Hall–Kier alpha value is -2.12. The Morgan fingerprint density at radius 1 is 1.35 bits per heavy atom. The number of nitriles is 1. The molecule has 0 aliphatic heterocycles. The molecule has 2 aromatic heterocycles. The zero-order chi connectivity index (χ0) is 11.8. The van der Waals surface area contributed by atoms with Crippen LogP contribution in [0, 0.1) is 18.3 Å². The van der Waals surface area contributed by atoms with E-state index in [0.717, 1.165) is 26.4 Å². The molecule has 0 radical (unpaired) electrons. The maximum absolute atomic E-state index is 8.93. The van der Waals surface area contributed by atoms with Crippen LogP contribution in [0.2, 0.25) is 0 Å². The zero-order valence-corrected chi connectivity index (χ0v) is 10.0. The van der Waals surface area contributed by atoms with Crippen molar-refractivity contribution in [3.8, 4) is 16.6 Å². The van der Waals surface area contributed by atoms with Gasteiger partial charge in [0.1, 0.15) is 11.1 Å². The largest absolute Gasteiger partial charge is 0.360 e. The summed E-state index contributed by atoms with van der Waals surface area (Å²) in [6.07, 6.45) is 1.95. The molecule has 4 heteroatoms. The van der Waals surface area contributed by atoms with Gasteiger partial charge in [0.15, 0.2) is 5.69 Å². The van der Waals surface area contributed by atoms with Crippen LogP contribution in [-0.4, -0.2) is 9.97 Å². The minimum atomic E-state index is 0.523. The standard InChI is InChI=1S/C13H9N3S/c1-8-12(6-14)16-13(17-8)10-7-15-11-5-3-2-4-9(10)11/h2-5,7,15H,1H3. The molecule has 0 fully saturated rings. The molecule has 0 amide bonds. The lowest BCUT2D eigenvalue weighted by molar-refractivity contribution is 1.30. The number of nitrogens with zero attached hydrogens (tertiary/aromatic N) is 2. The number of thiazole rings is 1. The molecule has 82 valence electrons. The summed E-state index contributed by atoms with van der Waals surface area (Å²) in [5.41, 5.74) is 2.68. The molecular formula is C13H9N3S. The van der Waals surface area contributed by atoms with E-state index in [2.05, 4.69) is 22.1 Å². The minimum Gasteiger partial charge on any atom is -0.360 e. The highest BCUT2D eigenvalue weighted by molar-refractivity contribution is 7.15. The highest BCUT2D eigenvalue weighted by atomic mass is 32.1. The van der Waals surface area contributed by atoms with Crippen LogP contribution in [0.3, 0.4) is 0 Å². The van der Waals surface area contributed by atoms with Gasteiger partial charge in [0.2, 0.25) is 0 Å². The summed E-state index contributed by atoms with van der Waals surface area (Å²) in [4.78, 5) is 8.54. The molecule has 0 saturated heterocycles. The van der Waals surface area contributed by atoms with Crippen molar-refractivity contribution in [3.63, 3.8) is 0 Å². The van der Waals surface area contributed by atoms with Gasteiger partial charge in [-0.25, -0.2) is 4.98 Å². The molecule has 1 N–H and O–H groups in total. The van der Waals surface area contributed by atoms with E-state index in [1.807, 2.05) is 31.3 Å². The Labute approximate surface area is 102 Å². The summed E-state index contributed by atoms with van der Waals surface area (Å²) >= 11 is 1.56. The lowest BCUT2D eigenvalue weighted by Gasteiger charge is -1.92. The van der Waals surface area contributed by atoms with E-state index in [1.54, 1.807) is 11.3 Å². The van der Waals surface area contributed by atoms with Gasteiger partial charge in [-0.15, -0.1) is 11.3 Å². The topological polar surface area (TPSA) is 52.5 Å². The van der Waals surface area contributed by atoms with Crippen molar-refractivity contribution in [2.45, 2.75) is 6.92 Å². The van der Waals surface area contributed by atoms with Gasteiger partial charge in [-0.05, 0) is 13.0 Å². The van der Waals surface area contributed by atoms with Gasteiger partial charge in [-0.3, -0.25) is 0 Å². The Bertz CT molecular complexity index is 731. The Balaban J connectivity index is 2.24. The van der Waals surface area contributed by atoms with Crippen molar-refractivity contribution in [3.05, 3.63) is 41.0 Å². The second-order valence-corrected chi connectivity index (χ2v) is 4.99. The van der Waals surface area contributed by atoms with E-state index < -0.39 is 0 Å². The van der Waals surface area contributed by atoms with Crippen molar-refractivity contribution in [1.82, 2.24) is 9.97 Å². The fourth-order valence-electron chi connectivity index (χ4n) is 1.86. The van der Waals surface area contributed by atoms with Crippen molar-refractivity contribution in [2.75, 3.05) is 0 Å². The van der Waals surface area contributed by atoms with Crippen LogP contribution in [0.25, 0.3) is 21.5 Å². The lowest BCUT2D eigenvalue weighted by atomic mass is 10.2. The summed E-state index contributed by atoms with van der Waals surface area (Å²) in [7, 11) is 0. The number of para-hydroxylation sites is 1. The molecular weight excluding hydrogens is 230 g/mol. The van der Waals surface area contributed by atoms with E-state index in [1.165, 1.54) is 0 Å². The fourth-order valence-corrected chi connectivity index (χ4v) is 2.76. The van der Waals surface area contributed by atoms with Crippen LogP contribution in [0.15, 0.2) is 30.5 Å². The number of benzene rings is 1. The number of hydrogen-bond acceptors (Lipinski definition) is 3. The fraction of sp³-hybridized carbons (Fsp3) is 0.0769. The number of fused-ring (bicyclic) bond motifs is 1. The van der Waals surface area contributed by atoms with Crippen molar-refractivity contribution >= 4 is 22.2 Å². The van der Waals surface area contributed by atoms with Gasteiger partial charge in [-0.2, -0.15) is 5.26 Å². The average molecular weight is 239 g/mol. The first-order valence-electron chi connectivity index (χ1n) is 5.23. The van der Waals surface area contributed by atoms with Crippen LogP contribution in [0.4, 0.5) is 0 Å². The molecule has 0 aliphatic rings. The van der Waals surface area contributed by atoms with Crippen LogP contribution in [0.1, 0.15) is 10.6 Å². The quantitative estimate of drug-likeness (QED) is 0.707. The number of hydrogen-bond donors (Lipinski definition) is 1. The molecule has 2 heterocycles. The van der Waals surface area contributed by atoms with Gasteiger partial charge in [-0.1, -0.05) is 18.2 Å². The maximum Gasteiger partial charge on any atom is 0.155 e. The highest BCUT2D eigenvalue weighted by Gasteiger charge is 2.12. The Morgan fingerprint density at radius 2 is 2.18 bits per heavy atom. The van der Waals surface area contributed by atoms with Crippen molar-refractivity contribution in [2.24, 2.45) is 0 Å². The summed E-state index contributed by atoms with van der Waals surface area (Å²) in [6, 6.07) is 10.2. The number of aromatic nitrogens is 2. The normalized spacial score (nSPS) is 10.6. The van der Waals surface area contributed by atoms with Crippen LogP contribution in [-0.2, 0) is 0 Å². The van der Waals surface area contributed by atoms with Gasteiger partial charge in [0.05, 0.1) is 0 Å². The molecule has 0 atom stereocenters. The van der Waals surface area contributed by atoms with Crippen LogP contribution >= 0.6 is 11.3 Å². The van der Waals surface area contributed by atoms with Gasteiger partial charge in [0.25, 0.3) is 0 Å². The Kier molecular flexibility index (Phi) is 2.20. The first-order valence-corrected chi connectivity index (χ1v) is 6.05. The minimum absolute atomic E-state index is 0.523. The monoisotopic (exact) mass is 239 g/mol. The number of aromatic amines is 1. The summed E-state index contributed by atoms with van der Waals surface area (Å²) in [5, 5.41) is 11.0. The predicted molar refractivity (Wildman–Crippen MR) is 68.9 cm³/mol. The second kappa shape index (κ2) is 3.72. The third-order valence-electron chi connectivity index (χ3n) is 2.72. The van der Waals surface area contributed by atoms with Gasteiger partial charge in [0, 0.05) is 27.5 Å². The van der Waals surface area contributed by atoms with E-state index in [9.17, 15) is 0 Å². The molecule has 3 rings (SSSR count). The number of nitrogens with one attached hydrogen (secondary N) is 1. The third-order valence-corrected chi connectivity index (χ3v) is 3.73.